The van der Waals surface area contributed by atoms with Crippen LogP contribution in [0.2, 0.25) is 0 Å². The fourth-order valence-electron chi connectivity index (χ4n) is 2.60. The van der Waals surface area contributed by atoms with E-state index in [0.717, 1.165) is 38.2 Å². The normalized spacial score (nSPS) is 20.2. The maximum Gasteiger partial charge on any atom is 0.118 e. The van der Waals surface area contributed by atoms with Crippen LogP contribution in [0, 0.1) is 0 Å². The zero-order valence-corrected chi connectivity index (χ0v) is 13.1. The van der Waals surface area contributed by atoms with Gasteiger partial charge in [0.05, 0.1) is 33.0 Å². The number of aryl methyl sites for hydroxylation is 1. The highest BCUT2D eigenvalue weighted by atomic mass is 16.6. The first-order valence-corrected chi connectivity index (χ1v) is 7.89. The van der Waals surface area contributed by atoms with E-state index in [-0.39, 0.29) is 6.10 Å². The van der Waals surface area contributed by atoms with E-state index in [0.29, 0.717) is 19.3 Å². The van der Waals surface area contributed by atoms with Gasteiger partial charge in [-0.25, -0.2) is 0 Å². The Bertz CT molecular complexity index is 388. The van der Waals surface area contributed by atoms with Crippen LogP contribution < -0.4 is 10.1 Å². The minimum absolute atomic E-state index is 0.170. The highest BCUT2D eigenvalue weighted by Crippen LogP contribution is 2.16. The standard InChI is InChI=1S/C17H27NO3/c1-3-10-18-16(17-13-20-11-12-21-17)9-6-14-4-7-15(19-2)8-5-14/h4-5,7-8,16-18H,3,6,9-13H2,1-2H3. The lowest BCUT2D eigenvalue weighted by Gasteiger charge is -2.31. The van der Waals surface area contributed by atoms with E-state index in [2.05, 4.69) is 24.4 Å². The summed E-state index contributed by atoms with van der Waals surface area (Å²) in [5.74, 6) is 0.906. The van der Waals surface area contributed by atoms with Crippen LogP contribution in [0.25, 0.3) is 0 Å². The van der Waals surface area contributed by atoms with Crippen molar-refractivity contribution < 1.29 is 14.2 Å². The van der Waals surface area contributed by atoms with Gasteiger partial charge in [-0.15, -0.1) is 0 Å². The van der Waals surface area contributed by atoms with Crippen molar-refractivity contribution in [3.8, 4) is 5.75 Å². The Hall–Kier alpha value is -1.10. The van der Waals surface area contributed by atoms with Crippen LogP contribution in [0.5, 0.6) is 5.75 Å². The molecule has 0 radical (unpaired) electrons. The van der Waals surface area contributed by atoms with Gasteiger partial charge in [0, 0.05) is 6.04 Å². The second-order valence-electron chi connectivity index (χ2n) is 5.43. The second-order valence-corrected chi connectivity index (χ2v) is 5.43. The summed E-state index contributed by atoms with van der Waals surface area (Å²) in [5.41, 5.74) is 1.33. The van der Waals surface area contributed by atoms with Gasteiger partial charge in [-0.3, -0.25) is 0 Å². The van der Waals surface area contributed by atoms with E-state index < -0.39 is 0 Å². The summed E-state index contributed by atoms with van der Waals surface area (Å²) < 4.78 is 16.6. The molecule has 0 bridgehead atoms. The van der Waals surface area contributed by atoms with Crippen molar-refractivity contribution in [2.75, 3.05) is 33.5 Å². The van der Waals surface area contributed by atoms with Crippen molar-refractivity contribution in [1.29, 1.82) is 0 Å². The van der Waals surface area contributed by atoms with Gasteiger partial charge < -0.3 is 19.5 Å². The molecule has 118 valence electrons. The summed E-state index contributed by atoms with van der Waals surface area (Å²) in [6.07, 6.45) is 3.39. The lowest BCUT2D eigenvalue weighted by molar-refractivity contribution is -0.102. The molecule has 1 aliphatic heterocycles. The number of rotatable bonds is 8. The fourth-order valence-corrected chi connectivity index (χ4v) is 2.60. The molecule has 0 aromatic heterocycles. The van der Waals surface area contributed by atoms with Gasteiger partial charge in [-0.05, 0) is 43.5 Å². The fraction of sp³-hybridized carbons (Fsp3) is 0.647. The Morgan fingerprint density at radius 2 is 2.10 bits per heavy atom. The predicted molar refractivity (Wildman–Crippen MR) is 84.0 cm³/mol. The molecule has 1 fully saturated rings. The first-order chi connectivity index (χ1) is 10.3. The third kappa shape index (κ3) is 5.30. The minimum atomic E-state index is 0.170. The largest absolute Gasteiger partial charge is 0.497 e. The van der Waals surface area contributed by atoms with Crippen molar-refractivity contribution in [3.63, 3.8) is 0 Å². The maximum absolute atomic E-state index is 5.85. The molecule has 21 heavy (non-hydrogen) atoms. The SMILES string of the molecule is CCCNC(CCc1ccc(OC)cc1)C1COCCO1. The summed E-state index contributed by atoms with van der Waals surface area (Å²) in [6, 6.07) is 8.66. The lowest BCUT2D eigenvalue weighted by Crippen LogP contribution is -2.47. The summed E-state index contributed by atoms with van der Waals surface area (Å²) in [5, 5.41) is 3.60. The number of hydrogen-bond acceptors (Lipinski definition) is 4. The molecule has 1 heterocycles. The molecule has 0 amide bonds. The number of ether oxygens (including phenoxy) is 3. The zero-order valence-electron chi connectivity index (χ0n) is 13.1. The second kappa shape index (κ2) is 9.03. The summed E-state index contributed by atoms with van der Waals surface area (Å²) in [7, 11) is 1.69. The molecule has 2 unspecified atom stereocenters. The first kappa shape index (κ1) is 16.3. The molecule has 1 aromatic carbocycles. The number of methoxy groups -OCH3 is 1. The van der Waals surface area contributed by atoms with E-state index in [1.807, 2.05) is 12.1 Å². The van der Waals surface area contributed by atoms with Crippen LogP contribution >= 0.6 is 0 Å². The molecule has 0 saturated carbocycles. The van der Waals surface area contributed by atoms with Crippen LogP contribution in [0.4, 0.5) is 0 Å². The van der Waals surface area contributed by atoms with E-state index in [1.54, 1.807) is 7.11 Å². The van der Waals surface area contributed by atoms with Crippen molar-refractivity contribution in [3.05, 3.63) is 29.8 Å². The number of benzene rings is 1. The topological polar surface area (TPSA) is 39.7 Å². The molecule has 0 aliphatic carbocycles. The average Bonchev–Trinajstić information content (AvgIpc) is 2.56. The Balaban J connectivity index is 1.87. The summed E-state index contributed by atoms with van der Waals surface area (Å²) >= 11 is 0. The molecule has 2 atom stereocenters. The van der Waals surface area contributed by atoms with E-state index >= 15 is 0 Å². The summed E-state index contributed by atoms with van der Waals surface area (Å²) in [6.45, 7) is 5.33. The average molecular weight is 293 g/mol. The van der Waals surface area contributed by atoms with E-state index in [1.165, 1.54) is 5.56 Å². The third-order valence-electron chi connectivity index (χ3n) is 3.85. The smallest absolute Gasteiger partial charge is 0.118 e. The maximum atomic E-state index is 5.85. The lowest BCUT2D eigenvalue weighted by atomic mass is 10.0. The van der Waals surface area contributed by atoms with E-state index in [9.17, 15) is 0 Å². The van der Waals surface area contributed by atoms with Crippen LogP contribution in [0.15, 0.2) is 24.3 Å². The zero-order chi connectivity index (χ0) is 14.9. The van der Waals surface area contributed by atoms with Gasteiger partial charge >= 0.3 is 0 Å². The van der Waals surface area contributed by atoms with Crippen LogP contribution in [-0.2, 0) is 15.9 Å². The third-order valence-corrected chi connectivity index (χ3v) is 3.85. The van der Waals surface area contributed by atoms with Crippen molar-refractivity contribution in [2.45, 2.75) is 38.3 Å². The highest BCUT2D eigenvalue weighted by molar-refractivity contribution is 5.27. The number of nitrogens with one attached hydrogen (secondary N) is 1. The highest BCUT2D eigenvalue weighted by Gasteiger charge is 2.24. The molecular formula is C17H27NO3. The first-order valence-electron chi connectivity index (χ1n) is 7.89. The Kier molecular flexibility index (Phi) is 7.00. The van der Waals surface area contributed by atoms with Gasteiger partial charge in [-0.1, -0.05) is 19.1 Å². The van der Waals surface area contributed by atoms with E-state index in [4.69, 9.17) is 14.2 Å². The Morgan fingerprint density at radius 3 is 2.71 bits per heavy atom. The van der Waals surface area contributed by atoms with Crippen molar-refractivity contribution in [2.24, 2.45) is 0 Å². The molecular weight excluding hydrogens is 266 g/mol. The number of hydrogen-bond donors (Lipinski definition) is 1. The predicted octanol–water partition coefficient (Wildman–Crippen LogP) is 2.41. The van der Waals surface area contributed by atoms with Gasteiger partial charge in [0.2, 0.25) is 0 Å². The molecule has 4 nitrogen and oxygen atoms in total. The van der Waals surface area contributed by atoms with Gasteiger partial charge in [-0.2, -0.15) is 0 Å². The summed E-state index contributed by atoms with van der Waals surface area (Å²) in [4.78, 5) is 0. The monoisotopic (exact) mass is 293 g/mol. The molecule has 4 heteroatoms. The van der Waals surface area contributed by atoms with Gasteiger partial charge in [0.1, 0.15) is 5.75 Å². The van der Waals surface area contributed by atoms with Crippen molar-refractivity contribution in [1.82, 2.24) is 5.32 Å². The molecule has 0 spiro atoms. The van der Waals surface area contributed by atoms with Gasteiger partial charge in [0.25, 0.3) is 0 Å². The molecule has 1 N–H and O–H groups in total. The molecule has 1 aliphatic rings. The van der Waals surface area contributed by atoms with Crippen LogP contribution in [0.1, 0.15) is 25.3 Å². The van der Waals surface area contributed by atoms with Crippen molar-refractivity contribution >= 4 is 0 Å². The quantitative estimate of drug-likeness (QED) is 0.799. The molecule has 1 aromatic rings. The molecule has 1 saturated heterocycles. The van der Waals surface area contributed by atoms with Gasteiger partial charge in [0.15, 0.2) is 0 Å². The van der Waals surface area contributed by atoms with Crippen LogP contribution in [0.3, 0.4) is 0 Å². The Labute approximate surface area is 127 Å². The van der Waals surface area contributed by atoms with Crippen LogP contribution in [-0.4, -0.2) is 45.6 Å². The Morgan fingerprint density at radius 1 is 1.29 bits per heavy atom. The minimum Gasteiger partial charge on any atom is -0.497 e. The molecule has 2 rings (SSSR count).